The van der Waals surface area contributed by atoms with Crippen molar-refractivity contribution >= 4 is 27.3 Å². The second-order valence-corrected chi connectivity index (χ2v) is 9.91. The number of nitrogens with one attached hydrogen (secondary N) is 1. The van der Waals surface area contributed by atoms with E-state index < -0.39 is 10.0 Å². The lowest BCUT2D eigenvalue weighted by Crippen LogP contribution is -2.27. The second-order valence-electron chi connectivity index (χ2n) is 8.00. The van der Waals surface area contributed by atoms with Crippen molar-refractivity contribution in [3.63, 3.8) is 0 Å². The van der Waals surface area contributed by atoms with E-state index in [9.17, 15) is 13.2 Å². The van der Waals surface area contributed by atoms with E-state index in [1.54, 1.807) is 12.1 Å². The average molecular weight is 401 g/mol. The molecule has 1 heterocycles. The molecule has 0 fully saturated rings. The zero-order valence-electron chi connectivity index (χ0n) is 17.1. The third kappa shape index (κ3) is 3.92. The molecule has 6 heteroatoms. The van der Waals surface area contributed by atoms with Crippen LogP contribution < -0.4 is 9.62 Å². The number of carbonyl (C=O) groups excluding carboxylic acids is 1. The van der Waals surface area contributed by atoms with Gasteiger partial charge in [-0.05, 0) is 53.1 Å². The summed E-state index contributed by atoms with van der Waals surface area (Å²) in [5.41, 5.74) is 5.22. The molecule has 0 spiro atoms. The van der Waals surface area contributed by atoms with E-state index in [2.05, 4.69) is 45.1 Å². The van der Waals surface area contributed by atoms with E-state index in [0.717, 1.165) is 22.4 Å². The largest absolute Gasteiger partial charge is 0.321 e. The van der Waals surface area contributed by atoms with Gasteiger partial charge in [0.25, 0.3) is 5.91 Å². The minimum atomic E-state index is -3.30. The number of hydrogen-bond donors (Lipinski definition) is 1. The van der Waals surface area contributed by atoms with Crippen molar-refractivity contribution in [2.24, 2.45) is 0 Å². The number of carbonyl (C=O) groups is 1. The van der Waals surface area contributed by atoms with Gasteiger partial charge in [0.15, 0.2) is 0 Å². The summed E-state index contributed by atoms with van der Waals surface area (Å²) in [5, 5.41) is 3.12. The summed E-state index contributed by atoms with van der Waals surface area (Å²) in [5.74, 6) is 0.408. The third-order valence-electron chi connectivity index (χ3n) is 5.21. The molecule has 150 valence electrons. The molecule has 0 bridgehead atoms. The fraction of sp³-hybridized carbons (Fsp3) is 0.409. The molecule has 5 nitrogen and oxygen atoms in total. The van der Waals surface area contributed by atoms with Gasteiger partial charge in [0.05, 0.1) is 11.9 Å². The van der Waals surface area contributed by atoms with Gasteiger partial charge in [0.2, 0.25) is 10.0 Å². The molecule has 1 aliphatic rings. The van der Waals surface area contributed by atoms with Crippen LogP contribution in [0.5, 0.6) is 0 Å². The third-order valence-corrected chi connectivity index (χ3v) is 6.39. The molecule has 0 saturated carbocycles. The van der Waals surface area contributed by atoms with Crippen molar-refractivity contribution in [3.05, 3.63) is 58.7 Å². The Labute approximate surface area is 167 Å². The van der Waals surface area contributed by atoms with Gasteiger partial charge in [-0.2, -0.15) is 0 Å². The number of nitrogens with zero attached hydrogens (tertiary/aromatic N) is 1. The van der Waals surface area contributed by atoms with Gasteiger partial charge in [-0.3, -0.25) is 9.10 Å². The number of benzene rings is 2. The van der Waals surface area contributed by atoms with E-state index in [4.69, 9.17) is 0 Å². The van der Waals surface area contributed by atoms with Gasteiger partial charge in [-0.15, -0.1) is 0 Å². The first-order valence-electron chi connectivity index (χ1n) is 9.64. The first-order chi connectivity index (χ1) is 13.1. The molecular weight excluding hydrogens is 372 g/mol. The number of para-hydroxylation sites is 1. The summed E-state index contributed by atoms with van der Waals surface area (Å²) in [6.45, 7) is 8.88. The lowest BCUT2D eigenvalue weighted by Gasteiger charge is -2.20. The Hall–Kier alpha value is -2.34. The van der Waals surface area contributed by atoms with Crippen LogP contribution in [0, 0.1) is 0 Å². The molecule has 1 amide bonds. The van der Waals surface area contributed by atoms with Crippen molar-refractivity contribution in [1.29, 1.82) is 0 Å². The van der Waals surface area contributed by atoms with Crippen molar-refractivity contribution < 1.29 is 13.2 Å². The number of hydrogen-bond acceptors (Lipinski definition) is 3. The van der Waals surface area contributed by atoms with E-state index in [1.807, 2.05) is 12.1 Å². The average Bonchev–Trinajstić information content (AvgIpc) is 3.04. The van der Waals surface area contributed by atoms with E-state index in [1.165, 1.54) is 10.6 Å². The molecule has 0 saturated heterocycles. The van der Waals surface area contributed by atoms with Crippen LogP contribution in [0.25, 0.3) is 0 Å². The molecule has 2 aromatic carbocycles. The fourth-order valence-electron chi connectivity index (χ4n) is 3.74. The molecule has 0 unspecified atom stereocenters. The quantitative estimate of drug-likeness (QED) is 0.803. The normalized spacial score (nSPS) is 13.9. The fourth-order valence-corrected chi connectivity index (χ4v) is 4.70. The van der Waals surface area contributed by atoms with Crippen molar-refractivity contribution in [2.45, 2.75) is 46.0 Å². The summed E-state index contributed by atoms with van der Waals surface area (Å²) >= 11 is 0. The highest BCUT2D eigenvalue weighted by Crippen LogP contribution is 2.34. The van der Waals surface area contributed by atoms with Crippen LogP contribution in [-0.2, 0) is 16.4 Å². The van der Waals surface area contributed by atoms with E-state index in [0.29, 0.717) is 24.2 Å². The Balaban J connectivity index is 1.94. The first-order valence-corrected chi connectivity index (χ1v) is 11.5. The first kappa shape index (κ1) is 20.4. The zero-order chi connectivity index (χ0) is 20.6. The van der Waals surface area contributed by atoms with Gasteiger partial charge in [-0.25, -0.2) is 8.42 Å². The lowest BCUT2D eigenvalue weighted by molar-refractivity contribution is 0.102. The Morgan fingerprint density at radius 1 is 1.04 bits per heavy atom. The lowest BCUT2D eigenvalue weighted by atomic mass is 9.92. The number of rotatable bonds is 5. The summed E-state index contributed by atoms with van der Waals surface area (Å²) in [6, 6.07) is 11.4. The zero-order valence-corrected chi connectivity index (χ0v) is 17.9. The van der Waals surface area contributed by atoms with Crippen LogP contribution in [0.1, 0.15) is 66.6 Å². The summed E-state index contributed by atoms with van der Waals surface area (Å²) in [4.78, 5) is 13.0. The van der Waals surface area contributed by atoms with Crippen molar-refractivity contribution in [1.82, 2.24) is 0 Å². The molecule has 1 N–H and O–H groups in total. The second kappa shape index (κ2) is 7.59. The van der Waals surface area contributed by atoms with Crippen LogP contribution in [0.15, 0.2) is 36.4 Å². The van der Waals surface area contributed by atoms with Crippen molar-refractivity contribution in [3.8, 4) is 0 Å². The molecule has 0 radical (unpaired) electrons. The highest BCUT2D eigenvalue weighted by atomic mass is 32.2. The molecule has 3 rings (SSSR count). The van der Waals surface area contributed by atoms with Gasteiger partial charge in [-0.1, -0.05) is 45.9 Å². The minimum Gasteiger partial charge on any atom is -0.321 e. The highest BCUT2D eigenvalue weighted by molar-refractivity contribution is 7.92. The maximum absolute atomic E-state index is 13.0. The maximum Gasteiger partial charge on any atom is 0.255 e. The molecule has 0 aliphatic carbocycles. The van der Waals surface area contributed by atoms with Crippen LogP contribution >= 0.6 is 0 Å². The topological polar surface area (TPSA) is 66.5 Å². The molecular formula is C22H28N2O3S. The van der Waals surface area contributed by atoms with Crippen LogP contribution in [0.3, 0.4) is 0 Å². The smallest absolute Gasteiger partial charge is 0.255 e. The Kier molecular flexibility index (Phi) is 5.53. The van der Waals surface area contributed by atoms with Gasteiger partial charge < -0.3 is 5.32 Å². The Bertz CT molecular complexity index is 984. The predicted octanol–water partition coefficient (Wildman–Crippen LogP) is 4.51. The summed E-state index contributed by atoms with van der Waals surface area (Å²) < 4.78 is 25.2. The Morgan fingerprint density at radius 3 is 2.18 bits per heavy atom. The monoisotopic (exact) mass is 400 g/mol. The van der Waals surface area contributed by atoms with Gasteiger partial charge >= 0.3 is 0 Å². The van der Waals surface area contributed by atoms with Gasteiger partial charge in [0.1, 0.15) is 0 Å². The molecule has 1 aliphatic heterocycles. The minimum absolute atomic E-state index is 0.171. The standard InChI is InChI=1S/C22H28N2O3S/c1-14(2)18-7-6-8-19(15(3)4)21(18)23-22(25)17-9-10-20-16(13-17)11-12-24(20)28(5,26)27/h6-10,13-15H,11-12H2,1-5H3,(H,23,25). The Morgan fingerprint density at radius 2 is 1.64 bits per heavy atom. The summed E-state index contributed by atoms with van der Waals surface area (Å²) in [7, 11) is -3.30. The van der Waals surface area contributed by atoms with Crippen LogP contribution in [0.4, 0.5) is 11.4 Å². The van der Waals surface area contributed by atoms with E-state index >= 15 is 0 Å². The van der Waals surface area contributed by atoms with Crippen LogP contribution in [0.2, 0.25) is 0 Å². The molecule has 0 aromatic heterocycles. The van der Waals surface area contributed by atoms with Crippen LogP contribution in [-0.4, -0.2) is 27.1 Å². The SMILES string of the molecule is CC(C)c1cccc(C(C)C)c1NC(=O)c1ccc2c(c1)CCN2S(C)(=O)=O. The number of fused-ring (bicyclic) bond motifs is 1. The molecule has 0 atom stereocenters. The number of anilines is 2. The van der Waals surface area contributed by atoms with Gasteiger partial charge in [0, 0.05) is 17.8 Å². The van der Waals surface area contributed by atoms with E-state index in [-0.39, 0.29) is 17.7 Å². The van der Waals surface area contributed by atoms with Crippen molar-refractivity contribution in [2.75, 3.05) is 22.4 Å². The number of sulfonamides is 1. The molecule has 28 heavy (non-hydrogen) atoms. The predicted molar refractivity (Wildman–Crippen MR) is 115 cm³/mol. The number of amides is 1. The summed E-state index contributed by atoms with van der Waals surface area (Å²) in [6.07, 6.45) is 1.82. The highest BCUT2D eigenvalue weighted by Gasteiger charge is 2.27. The molecule has 2 aromatic rings. The maximum atomic E-state index is 13.0.